The third-order valence-corrected chi connectivity index (χ3v) is 3.42. The molecule has 0 aliphatic heterocycles. The molecule has 1 aromatic rings. The predicted octanol–water partition coefficient (Wildman–Crippen LogP) is 2.57. The van der Waals surface area contributed by atoms with Gasteiger partial charge in [0, 0.05) is 12.1 Å². The summed E-state index contributed by atoms with van der Waals surface area (Å²) < 4.78 is 26.6. The van der Waals surface area contributed by atoms with Crippen LogP contribution < -0.4 is 5.32 Å². The van der Waals surface area contributed by atoms with Gasteiger partial charge in [-0.05, 0) is 48.4 Å². The first-order valence-electron chi connectivity index (χ1n) is 6.13. The van der Waals surface area contributed by atoms with Crippen molar-refractivity contribution >= 4 is 11.5 Å². The van der Waals surface area contributed by atoms with Gasteiger partial charge in [-0.25, -0.2) is 8.78 Å². The van der Waals surface area contributed by atoms with Crippen LogP contribution in [0.2, 0.25) is 0 Å². The molecule has 1 saturated carbocycles. The molecule has 1 N–H and O–H groups in total. The summed E-state index contributed by atoms with van der Waals surface area (Å²) in [6, 6.07) is 2.98. The average Bonchev–Trinajstić information content (AvgIpc) is 3.04. The van der Waals surface area contributed by atoms with Crippen LogP contribution in [0.3, 0.4) is 0 Å². The Labute approximate surface area is 104 Å². The van der Waals surface area contributed by atoms with E-state index in [0.717, 1.165) is 24.5 Å². The number of fused-ring (bicyclic) bond motifs is 1. The molecule has 3 rings (SSSR count). The number of benzene rings is 1. The maximum Gasteiger partial charge on any atom is 0.244 e. The molecule has 4 heteroatoms. The van der Waals surface area contributed by atoms with Crippen molar-refractivity contribution in [2.45, 2.75) is 31.7 Å². The Balaban J connectivity index is 1.87. The van der Waals surface area contributed by atoms with E-state index in [4.69, 9.17) is 0 Å². The molecule has 1 fully saturated rings. The van der Waals surface area contributed by atoms with Crippen LogP contribution in [0.4, 0.5) is 8.78 Å². The molecule has 94 valence electrons. The zero-order valence-corrected chi connectivity index (χ0v) is 9.80. The molecule has 18 heavy (non-hydrogen) atoms. The van der Waals surface area contributed by atoms with E-state index in [1.54, 1.807) is 6.07 Å². The summed E-state index contributed by atoms with van der Waals surface area (Å²) in [6.45, 7) is 0. The summed E-state index contributed by atoms with van der Waals surface area (Å²) in [6.07, 6.45) is 4.63. The van der Waals surface area contributed by atoms with Crippen LogP contribution in [-0.2, 0) is 11.2 Å². The van der Waals surface area contributed by atoms with Crippen LogP contribution in [0.15, 0.2) is 18.2 Å². The summed E-state index contributed by atoms with van der Waals surface area (Å²) in [7, 11) is 0. The van der Waals surface area contributed by atoms with E-state index in [1.165, 1.54) is 6.08 Å². The SMILES string of the molecule is O=C(/C=C1/CCc2c1ccc(F)c2F)NC1CC1. The van der Waals surface area contributed by atoms with Crippen molar-refractivity contribution in [1.29, 1.82) is 0 Å². The highest BCUT2D eigenvalue weighted by Crippen LogP contribution is 2.34. The Bertz CT molecular complexity index is 547. The molecule has 0 saturated heterocycles. The highest BCUT2D eigenvalue weighted by atomic mass is 19.2. The lowest BCUT2D eigenvalue weighted by molar-refractivity contribution is -0.116. The Hall–Kier alpha value is -1.71. The van der Waals surface area contributed by atoms with E-state index in [2.05, 4.69) is 5.32 Å². The molecule has 1 aromatic carbocycles. The number of rotatable bonds is 2. The molecular formula is C14H13F2NO. The van der Waals surface area contributed by atoms with Crippen LogP contribution in [0.1, 0.15) is 30.4 Å². The monoisotopic (exact) mass is 249 g/mol. The lowest BCUT2D eigenvalue weighted by Gasteiger charge is -2.03. The number of carbonyl (C=O) groups excluding carboxylic acids is 1. The first-order valence-corrected chi connectivity index (χ1v) is 6.13. The van der Waals surface area contributed by atoms with E-state index < -0.39 is 11.6 Å². The first-order chi connectivity index (χ1) is 8.65. The Morgan fingerprint density at radius 1 is 1.28 bits per heavy atom. The fourth-order valence-electron chi connectivity index (χ4n) is 2.31. The Kier molecular flexibility index (Phi) is 2.65. The third kappa shape index (κ3) is 2.03. The van der Waals surface area contributed by atoms with Crippen molar-refractivity contribution in [2.24, 2.45) is 0 Å². The molecule has 2 nitrogen and oxygen atoms in total. The van der Waals surface area contributed by atoms with Crippen LogP contribution in [-0.4, -0.2) is 11.9 Å². The van der Waals surface area contributed by atoms with Crippen molar-refractivity contribution in [3.05, 3.63) is 41.0 Å². The minimum absolute atomic E-state index is 0.134. The van der Waals surface area contributed by atoms with Gasteiger partial charge in [0.15, 0.2) is 11.6 Å². The topological polar surface area (TPSA) is 29.1 Å². The lowest BCUT2D eigenvalue weighted by Crippen LogP contribution is -2.23. The van der Waals surface area contributed by atoms with E-state index in [0.29, 0.717) is 30.0 Å². The summed E-state index contributed by atoms with van der Waals surface area (Å²) in [4.78, 5) is 11.7. The van der Waals surface area contributed by atoms with Crippen LogP contribution in [0, 0.1) is 11.6 Å². The normalized spacial score (nSPS) is 20.0. The van der Waals surface area contributed by atoms with Gasteiger partial charge < -0.3 is 5.32 Å². The summed E-state index contributed by atoms with van der Waals surface area (Å²) in [5.41, 5.74) is 1.85. The zero-order valence-electron chi connectivity index (χ0n) is 9.80. The molecule has 0 unspecified atom stereocenters. The largest absolute Gasteiger partial charge is 0.350 e. The minimum Gasteiger partial charge on any atom is -0.350 e. The van der Waals surface area contributed by atoms with Gasteiger partial charge in [-0.15, -0.1) is 0 Å². The summed E-state index contributed by atoms with van der Waals surface area (Å²) >= 11 is 0. The van der Waals surface area contributed by atoms with Crippen LogP contribution >= 0.6 is 0 Å². The standard InChI is InChI=1S/C14H13F2NO/c15-12-6-5-10-8(1-4-11(10)14(12)16)7-13(18)17-9-2-3-9/h5-7,9H,1-4H2,(H,17,18)/b8-7-. The Morgan fingerprint density at radius 2 is 2.06 bits per heavy atom. The van der Waals surface area contributed by atoms with Gasteiger partial charge in [0.05, 0.1) is 0 Å². The zero-order chi connectivity index (χ0) is 12.7. The minimum atomic E-state index is -0.822. The second-order valence-corrected chi connectivity index (χ2v) is 4.84. The van der Waals surface area contributed by atoms with Gasteiger partial charge in [0.25, 0.3) is 0 Å². The van der Waals surface area contributed by atoms with Crippen molar-refractivity contribution in [3.8, 4) is 0 Å². The van der Waals surface area contributed by atoms with Crippen molar-refractivity contribution in [1.82, 2.24) is 5.32 Å². The molecule has 2 aliphatic carbocycles. The predicted molar refractivity (Wildman–Crippen MR) is 63.8 cm³/mol. The summed E-state index contributed by atoms with van der Waals surface area (Å²) in [5, 5.41) is 2.85. The number of halogens is 2. The van der Waals surface area contributed by atoms with Crippen LogP contribution in [0.5, 0.6) is 0 Å². The number of nitrogens with one attached hydrogen (secondary N) is 1. The fraction of sp³-hybridized carbons (Fsp3) is 0.357. The van der Waals surface area contributed by atoms with Gasteiger partial charge in [0.1, 0.15) is 0 Å². The molecule has 1 amide bonds. The highest BCUT2D eigenvalue weighted by molar-refractivity contribution is 5.96. The van der Waals surface area contributed by atoms with Gasteiger partial charge in [-0.2, -0.15) is 0 Å². The molecule has 0 bridgehead atoms. The number of carbonyl (C=O) groups is 1. The average molecular weight is 249 g/mol. The lowest BCUT2D eigenvalue weighted by atomic mass is 10.1. The van der Waals surface area contributed by atoms with Gasteiger partial charge in [0.2, 0.25) is 5.91 Å². The van der Waals surface area contributed by atoms with Crippen molar-refractivity contribution in [2.75, 3.05) is 0 Å². The second-order valence-electron chi connectivity index (χ2n) is 4.84. The molecule has 0 aromatic heterocycles. The van der Waals surface area contributed by atoms with Gasteiger partial charge in [-0.1, -0.05) is 6.07 Å². The highest BCUT2D eigenvalue weighted by Gasteiger charge is 2.25. The molecular weight excluding hydrogens is 236 g/mol. The molecule has 0 atom stereocenters. The number of hydrogen-bond donors (Lipinski definition) is 1. The number of allylic oxidation sites excluding steroid dienone is 1. The van der Waals surface area contributed by atoms with Crippen molar-refractivity contribution in [3.63, 3.8) is 0 Å². The molecule has 2 aliphatic rings. The number of amides is 1. The van der Waals surface area contributed by atoms with E-state index in [1.807, 2.05) is 0 Å². The third-order valence-electron chi connectivity index (χ3n) is 3.42. The summed E-state index contributed by atoms with van der Waals surface area (Å²) in [5.74, 6) is -1.74. The maximum atomic E-state index is 13.5. The van der Waals surface area contributed by atoms with Gasteiger partial charge >= 0.3 is 0 Å². The van der Waals surface area contributed by atoms with E-state index in [9.17, 15) is 13.6 Å². The van der Waals surface area contributed by atoms with Crippen molar-refractivity contribution < 1.29 is 13.6 Å². The maximum absolute atomic E-state index is 13.5. The molecule has 0 spiro atoms. The second kappa shape index (κ2) is 4.19. The molecule has 0 radical (unpaired) electrons. The van der Waals surface area contributed by atoms with E-state index in [-0.39, 0.29) is 5.91 Å². The number of hydrogen-bond acceptors (Lipinski definition) is 1. The quantitative estimate of drug-likeness (QED) is 0.802. The smallest absolute Gasteiger partial charge is 0.244 e. The van der Waals surface area contributed by atoms with Gasteiger partial charge in [-0.3, -0.25) is 4.79 Å². The fourth-order valence-corrected chi connectivity index (χ4v) is 2.31. The first kappa shape index (κ1) is 11.4. The van der Waals surface area contributed by atoms with E-state index >= 15 is 0 Å². The molecule has 0 heterocycles. The Morgan fingerprint density at radius 3 is 2.78 bits per heavy atom. The van der Waals surface area contributed by atoms with Crippen LogP contribution in [0.25, 0.3) is 5.57 Å².